The summed E-state index contributed by atoms with van der Waals surface area (Å²) in [6.45, 7) is 0. The van der Waals surface area contributed by atoms with Gasteiger partial charge in [-0.15, -0.1) is 0 Å². The molecule has 0 aliphatic rings. The van der Waals surface area contributed by atoms with Crippen molar-refractivity contribution in [3.63, 3.8) is 0 Å². The van der Waals surface area contributed by atoms with Gasteiger partial charge in [-0.2, -0.15) is 0 Å². The summed E-state index contributed by atoms with van der Waals surface area (Å²) in [5.41, 5.74) is 11.5. The molecule has 6 aromatic heterocycles. The normalized spacial score (nSPS) is 12.3. The third-order valence-corrected chi connectivity index (χ3v) is 9.41. The van der Waals surface area contributed by atoms with Crippen LogP contribution in [0.15, 0.2) is 143 Å². The quantitative estimate of drug-likeness (QED) is 0.201. The molecule has 0 aliphatic carbocycles. The first-order chi connectivity index (χ1) is 22.8. The Bertz CT molecular complexity index is 3030. The molecule has 0 saturated carbocycles. The van der Waals surface area contributed by atoms with Crippen molar-refractivity contribution in [3.05, 3.63) is 134 Å². The van der Waals surface area contributed by atoms with Crippen molar-refractivity contribution < 1.29 is 8.83 Å². The van der Waals surface area contributed by atoms with E-state index in [1.807, 2.05) is 42.7 Å². The first kappa shape index (κ1) is 24.0. The minimum Gasteiger partial charge on any atom is -0.456 e. The number of aromatic nitrogens is 4. The molecule has 0 atom stereocenters. The molecule has 0 unspecified atom stereocenters. The molecule has 46 heavy (non-hydrogen) atoms. The largest absolute Gasteiger partial charge is 0.456 e. The second-order valence-electron chi connectivity index (χ2n) is 11.8. The topological polar surface area (TPSA) is 61.9 Å². The fourth-order valence-electron chi connectivity index (χ4n) is 7.50. The summed E-state index contributed by atoms with van der Waals surface area (Å²) in [4.78, 5) is 9.79. The Morgan fingerprint density at radius 3 is 1.72 bits per heavy atom. The zero-order chi connectivity index (χ0) is 29.9. The van der Waals surface area contributed by atoms with Gasteiger partial charge in [0.25, 0.3) is 0 Å². The van der Waals surface area contributed by atoms with Crippen LogP contribution < -0.4 is 0 Å². The Balaban J connectivity index is 1.26. The average molecular weight is 591 g/mol. The van der Waals surface area contributed by atoms with E-state index in [-0.39, 0.29) is 0 Å². The van der Waals surface area contributed by atoms with Crippen LogP contribution in [0, 0.1) is 0 Å². The summed E-state index contributed by atoms with van der Waals surface area (Å²) in [5.74, 6) is 0. The number of pyridine rings is 2. The summed E-state index contributed by atoms with van der Waals surface area (Å²) in [6.07, 6.45) is 3.71. The van der Waals surface area contributed by atoms with Gasteiger partial charge in [0.2, 0.25) is 0 Å². The summed E-state index contributed by atoms with van der Waals surface area (Å²) in [6, 6.07) is 42.0. The maximum absolute atomic E-state index is 6.99. The standard InChI is InChI=1S/C40H22N4O2/c1-2-8-23(9-3-1)43-29-17-15-26-27-16-18-30-36(40(27)46-39(26)35(29)37-31(43)11-6-20-41-37)38-32(12-7-21-42-38)44(30)24-14-19-34-28(22-24)25-10-4-5-13-33(25)45-34/h1-22H. The smallest absolute Gasteiger partial charge is 0.147 e. The molecule has 0 spiro atoms. The molecule has 5 aromatic carbocycles. The highest BCUT2D eigenvalue weighted by Gasteiger charge is 2.23. The van der Waals surface area contributed by atoms with E-state index in [0.29, 0.717) is 0 Å². The number of hydrogen-bond acceptors (Lipinski definition) is 4. The molecular formula is C40H22N4O2. The monoisotopic (exact) mass is 590 g/mol. The van der Waals surface area contributed by atoms with Crippen LogP contribution in [0.25, 0.3) is 99.1 Å². The van der Waals surface area contributed by atoms with E-state index in [1.165, 1.54) is 0 Å². The Labute approximate surface area is 260 Å². The second kappa shape index (κ2) is 8.61. The third-order valence-electron chi connectivity index (χ3n) is 9.41. The lowest BCUT2D eigenvalue weighted by atomic mass is 10.1. The minimum absolute atomic E-state index is 0.828. The molecule has 0 saturated heterocycles. The third kappa shape index (κ3) is 3.00. The van der Waals surface area contributed by atoms with E-state index >= 15 is 0 Å². The molecule has 6 nitrogen and oxygen atoms in total. The molecule has 6 heteroatoms. The van der Waals surface area contributed by atoms with Crippen LogP contribution >= 0.6 is 0 Å². The molecule has 11 rings (SSSR count). The first-order valence-corrected chi connectivity index (χ1v) is 15.3. The van der Waals surface area contributed by atoms with Gasteiger partial charge in [0, 0.05) is 45.3 Å². The highest BCUT2D eigenvalue weighted by atomic mass is 16.3. The molecule has 0 radical (unpaired) electrons. The van der Waals surface area contributed by atoms with Gasteiger partial charge in [-0.1, -0.05) is 36.4 Å². The number of rotatable bonds is 2. The number of para-hydroxylation sites is 2. The molecule has 0 aliphatic heterocycles. The van der Waals surface area contributed by atoms with Crippen molar-refractivity contribution in [1.82, 2.24) is 19.1 Å². The molecule has 0 fully saturated rings. The number of fused-ring (bicyclic) bond motifs is 14. The van der Waals surface area contributed by atoms with E-state index in [2.05, 4.69) is 100 Å². The van der Waals surface area contributed by atoms with E-state index in [9.17, 15) is 0 Å². The van der Waals surface area contributed by atoms with Gasteiger partial charge in [0.05, 0.1) is 32.8 Å². The predicted molar refractivity (Wildman–Crippen MR) is 185 cm³/mol. The Morgan fingerprint density at radius 2 is 1.02 bits per heavy atom. The van der Waals surface area contributed by atoms with Crippen molar-refractivity contribution in [2.24, 2.45) is 0 Å². The van der Waals surface area contributed by atoms with Crippen LogP contribution in [0.2, 0.25) is 0 Å². The summed E-state index contributed by atoms with van der Waals surface area (Å²) < 4.78 is 17.7. The van der Waals surface area contributed by atoms with Gasteiger partial charge < -0.3 is 18.0 Å². The van der Waals surface area contributed by atoms with Crippen LogP contribution in [0.1, 0.15) is 0 Å². The zero-order valence-corrected chi connectivity index (χ0v) is 24.3. The molecule has 0 N–H and O–H groups in total. The average Bonchev–Trinajstić information content (AvgIpc) is 3.85. The van der Waals surface area contributed by atoms with Gasteiger partial charge in [0.1, 0.15) is 33.4 Å². The second-order valence-corrected chi connectivity index (χ2v) is 11.8. The Morgan fingerprint density at radius 1 is 0.413 bits per heavy atom. The van der Waals surface area contributed by atoms with Gasteiger partial charge in [-0.3, -0.25) is 9.97 Å². The van der Waals surface area contributed by atoms with Crippen LogP contribution in [-0.4, -0.2) is 19.1 Å². The van der Waals surface area contributed by atoms with Crippen LogP contribution in [0.3, 0.4) is 0 Å². The molecule has 214 valence electrons. The van der Waals surface area contributed by atoms with Gasteiger partial charge in [-0.25, -0.2) is 0 Å². The van der Waals surface area contributed by atoms with Crippen LogP contribution in [0.5, 0.6) is 0 Å². The van der Waals surface area contributed by atoms with Crippen molar-refractivity contribution in [2.75, 3.05) is 0 Å². The summed E-state index contributed by atoms with van der Waals surface area (Å²) >= 11 is 0. The Kier molecular flexibility index (Phi) is 4.49. The number of nitrogens with zero attached hydrogens (tertiary/aromatic N) is 4. The lowest BCUT2D eigenvalue weighted by Crippen LogP contribution is -1.93. The number of furan rings is 2. The van der Waals surface area contributed by atoms with Crippen molar-refractivity contribution in [1.29, 1.82) is 0 Å². The maximum Gasteiger partial charge on any atom is 0.147 e. The van der Waals surface area contributed by atoms with Crippen molar-refractivity contribution in [3.8, 4) is 11.4 Å². The minimum atomic E-state index is 0.828. The lowest BCUT2D eigenvalue weighted by Gasteiger charge is -2.07. The van der Waals surface area contributed by atoms with Crippen LogP contribution in [-0.2, 0) is 0 Å². The zero-order valence-electron chi connectivity index (χ0n) is 24.3. The number of hydrogen-bond donors (Lipinski definition) is 0. The van der Waals surface area contributed by atoms with Gasteiger partial charge in [-0.05, 0) is 84.9 Å². The number of benzene rings is 5. The van der Waals surface area contributed by atoms with Gasteiger partial charge >= 0.3 is 0 Å². The van der Waals surface area contributed by atoms with Crippen LogP contribution in [0.4, 0.5) is 0 Å². The van der Waals surface area contributed by atoms with Gasteiger partial charge in [0.15, 0.2) is 0 Å². The van der Waals surface area contributed by atoms with E-state index in [4.69, 9.17) is 18.8 Å². The SMILES string of the molecule is c1ccc(-n2c3cccnc3c3c4oc5c(ccc6c5c5ncccc5n6-c5ccc6oc7ccccc7c6c5)c4ccc32)cc1. The highest BCUT2D eigenvalue weighted by Crippen LogP contribution is 2.44. The van der Waals surface area contributed by atoms with Crippen molar-refractivity contribution in [2.45, 2.75) is 0 Å². The summed E-state index contributed by atoms with van der Waals surface area (Å²) in [7, 11) is 0. The molecule has 11 aromatic rings. The van der Waals surface area contributed by atoms with Crippen molar-refractivity contribution >= 4 is 87.7 Å². The maximum atomic E-state index is 6.99. The fraction of sp³-hybridized carbons (Fsp3) is 0. The van der Waals surface area contributed by atoms with E-state index in [1.54, 1.807) is 0 Å². The fourth-order valence-corrected chi connectivity index (χ4v) is 7.50. The predicted octanol–water partition coefficient (Wildman–Crippen LogP) is 10.5. The lowest BCUT2D eigenvalue weighted by molar-refractivity contribution is 0.669. The molecule has 0 amide bonds. The van der Waals surface area contributed by atoms with E-state index < -0.39 is 0 Å². The molecule has 0 bridgehead atoms. The molecule has 6 heterocycles. The first-order valence-electron chi connectivity index (χ1n) is 15.3. The molecular weight excluding hydrogens is 568 g/mol. The van der Waals surface area contributed by atoms with E-state index in [0.717, 1.165) is 99.1 Å². The highest BCUT2D eigenvalue weighted by molar-refractivity contribution is 6.28. The Hall–Kier alpha value is -6.40. The summed E-state index contributed by atoms with van der Waals surface area (Å²) in [5, 5.41) is 6.31.